The van der Waals surface area contributed by atoms with Gasteiger partial charge < -0.3 is 0 Å². The highest BCUT2D eigenvalue weighted by atomic mass is 35.5. The summed E-state index contributed by atoms with van der Waals surface area (Å²) >= 11 is 11.6. The molecule has 1 atom stereocenters. The van der Waals surface area contributed by atoms with Crippen molar-refractivity contribution in [1.82, 2.24) is 0 Å². The third kappa shape index (κ3) is 2.27. The van der Waals surface area contributed by atoms with Gasteiger partial charge in [0, 0.05) is 5.02 Å². The van der Waals surface area contributed by atoms with Gasteiger partial charge in [-0.25, -0.2) is 0 Å². The molecule has 17 heavy (non-hydrogen) atoms. The monoisotopic (exact) mass is 268 g/mol. The van der Waals surface area contributed by atoms with E-state index in [1.54, 1.807) is 0 Å². The predicted molar refractivity (Wildman–Crippen MR) is 72.2 cm³/mol. The molecule has 1 fully saturated rings. The van der Waals surface area contributed by atoms with Crippen LogP contribution >= 0.6 is 23.2 Å². The van der Waals surface area contributed by atoms with E-state index < -0.39 is 5.41 Å². The molecule has 1 aromatic carbocycles. The van der Waals surface area contributed by atoms with Gasteiger partial charge in [-0.3, -0.25) is 4.79 Å². The highest BCUT2D eigenvalue weighted by Gasteiger charge is 2.63. The van der Waals surface area contributed by atoms with Gasteiger partial charge in [0.2, 0.25) is 5.24 Å². The summed E-state index contributed by atoms with van der Waals surface area (Å²) in [5, 5.41) is 0.411. The van der Waals surface area contributed by atoms with Gasteiger partial charge in [-0.05, 0) is 41.1 Å². The van der Waals surface area contributed by atoms with Crippen molar-refractivity contribution in [2.45, 2.75) is 20.3 Å². The average Bonchev–Trinajstić information content (AvgIpc) is 2.80. The lowest BCUT2D eigenvalue weighted by atomic mass is 9.96. The lowest BCUT2D eigenvalue weighted by Gasteiger charge is -2.10. The molecule has 0 radical (unpaired) electrons. The standard InChI is InChI=1S/C14H14Cl2O/c1-13(2)9-14(13,12(16)17)7-6-10-4-3-5-11(15)8-10/h3-8H,9H2,1-2H3. The van der Waals surface area contributed by atoms with Gasteiger partial charge in [0.05, 0.1) is 5.41 Å². The van der Waals surface area contributed by atoms with Crippen molar-refractivity contribution in [1.29, 1.82) is 0 Å². The van der Waals surface area contributed by atoms with Gasteiger partial charge in [-0.15, -0.1) is 0 Å². The molecule has 2 rings (SSSR count). The SMILES string of the molecule is CC1(C)CC1(C=Cc1cccc(Cl)c1)C(=O)Cl. The maximum atomic E-state index is 11.5. The smallest absolute Gasteiger partial charge is 0.232 e. The third-order valence-electron chi connectivity index (χ3n) is 3.56. The van der Waals surface area contributed by atoms with Crippen LogP contribution in [-0.4, -0.2) is 5.24 Å². The van der Waals surface area contributed by atoms with Gasteiger partial charge in [-0.2, -0.15) is 0 Å². The molecule has 3 heteroatoms. The van der Waals surface area contributed by atoms with Crippen molar-refractivity contribution in [2.75, 3.05) is 0 Å². The minimum absolute atomic E-state index is 0.0408. The van der Waals surface area contributed by atoms with Crippen molar-refractivity contribution in [3.8, 4) is 0 Å². The van der Waals surface area contributed by atoms with Crippen molar-refractivity contribution in [3.63, 3.8) is 0 Å². The number of hydrogen-bond donors (Lipinski definition) is 0. The summed E-state index contributed by atoms with van der Waals surface area (Å²) in [7, 11) is 0. The van der Waals surface area contributed by atoms with E-state index in [0.717, 1.165) is 12.0 Å². The summed E-state index contributed by atoms with van der Waals surface area (Å²) in [4.78, 5) is 11.5. The summed E-state index contributed by atoms with van der Waals surface area (Å²) in [5.74, 6) is 0. The summed E-state index contributed by atoms with van der Waals surface area (Å²) in [6, 6.07) is 7.52. The maximum absolute atomic E-state index is 11.5. The Bertz CT molecular complexity index is 491. The van der Waals surface area contributed by atoms with Crippen molar-refractivity contribution >= 4 is 34.5 Å². The second kappa shape index (κ2) is 4.15. The Morgan fingerprint density at radius 1 is 1.41 bits per heavy atom. The number of hydrogen-bond acceptors (Lipinski definition) is 1. The second-order valence-corrected chi connectivity index (χ2v) is 5.97. The minimum atomic E-state index is -0.503. The highest BCUT2D eigenvalue weighted by Crippen LogP contribution is 2.65. The first kappa shape index (κ1) is 12.7. The molecule has 0 spiro atoms. The maximum Gasteiger partial charge on any atom is 0.232 e. The number of carbonyl (C=O) groups is 1. The molecular formula is C14H14Cl2O. The van der Waals surface area contributed by atoms with Crippen LogP contribution in [0.3, 0.4) is 0 Å². The molecule has 0 bridgehead atoms. The van der Waals surface area contributed by atoms with Crippen LogP contribution in [0.15, 0.2) is 30.3 Å². The number of rotatable bonds is 3. The third-order valence-corrected chi connectivity index (χ3v) is 4.14. The average molecular weight is 269 g/mol. The number of halogens is 2. The van der Waals surface area contributed by atoms with Gasteiger partial charge in [0.15, 0.2) is 0 Å². The number of allylic oxidation sites excluding steroid dienone is 1. The highest BCUT2D eigenvalue weighted by molar-refractivity contribution is 6.65. The van der Waals surface area contributed by atoms with E-state index in [4.69, 9.17) is 23.2 Å². The van der Waals surface area contributed by atoms with E-state index in [2.05, 4.69) is 13.8 Å². The lowest BCUT2D eigenvalue weighted by molar-refractivity contribution is -0.115. The molecule has 90 valence electrons. The van der Waals surface area contributed by atoms with Crippen molar-refractivity contribution in [2.24, 2.45) is 10.8 Å². The molecule has 1 unspecified atom stereocenters. The molecule has 0 N–H and O–H groups in total. The molecular weight excluding hydrogens is 255 g/mol. The van der Waals surface area contributed by atoms with Crippen molar-refractivity contribution in [3.05, 3.63) is 40.9 Å². The first-order valence-electron chi connectivity index (χ1n) is 5.52. The fourth-order valence-electron chi connectivity index (χ4n) is 2.19. The Hall–Kier alpha value is -0.790. The molecule has 0 saturated heterocycles. The summed E-state index contributed by atoms with van der Waals surface area (Å²) in [6.45, 7) is 4.10. The molecule has 1 aromatic rings. The van der Waals surface area contributed by atoms with E-state index in [9.17, 15) is 4.79 Å². The molecule has 0 heterocycles. The second-order valence-electron chi connectivity index (χ2n) is 5.19. The Morgan fingerprint density at radius 3 is 2.53 bits per heavy atom. The van der Waals surface area contributed by atoms with Crippen LogP contribution in [0.4, 0.5) is 0 Å². The first-order valence-corrected chi connectivity index (χ1v) is 6.28. The van der Waals surface area contributed by atoms with Gasteiger partial charge in [-0.1, -0.05) is 49.7 Å². The zero-order valence-corrected chi connectivity index (χ0v) is 11.3. The van der Waals surface area contributed by atoms with E-state index in [1.807, 2.05) is 36.4 Å². The summed E-state index contributed by atoms with van der Waals surface area (Å²) < 4.78 is 0. The quantitative estimate of drug-likeness (QED) is 0.736. The van der Waals surface area contributed by atoms with E-state index in [1.165, 1.54) is 0 Å². The topological polar surface area (TPSA) is 17.1 Å². The lowest BCUT2D eigenvalue weighted by Crippen LogP contribution is -2.13. The Kier molecular flexibility index (Phi) is 3.09. The van der Waals surface area contributed by atoms with Gasteiger partial charge >= 0.3 is 0 Å². The largest absolute Gasteiger partial charge is 0.280 e. The van der Waals surface area contributed by atoms with Crippen LogP contribution in [0.1, 0.15) is 25.8 Å². The number of benzene rings is 1. The van der Waals surface area contributed by atoms with Crippen molar-refractivity contribution < 1.29 is 4.79 Å². The number of carbonyl (C=O) groups excluding carboxylic acids is 1. The van der Waals surface area contributed by atoms with Crippen LogP contribution < -0.4 is 0 Å². The molecule has 1 aliphatic carbocycles. The molecule has 1 nitrogen and oxygen atoms in total. The molecule has 1 aliphatic rings. The molecule has 1 saturated carbocycles. The summed E-state index contributed by atoms with van der Waals surface area (Å²) in [6.07, 6.45) is 4.63. The zero-order chi connectivity index (χ0) is 12.7. The first-order chi connectivity index (χ1) is 7.87. The van der Waals surface area contributed by atoms with Crippen LogP contribution in [0.5, 0.6) is 0 Å². The van der Waals surface area contributed by atoms with Gasteiger partial charge in [0.25, 0.3) is 0 Å². The Morgan fingerprint density at radius 2 is 2.06 bits per heavy atom. The zero-order valence-electron chi connectivity index (χ0n) is 9.84. The fraction of sp³-hybridized carbons (Fsp3) is 0.357. The molecule has 0 aliphatic heterocycles. The normalized spacial score (nSPS) is 26.1. The van der Waals surface area contributed by atoms with Crippen LogP contribution in [0.2, 0.25) is 5.02 Å². The van der Waals surface area contributed by atoms with Crippen LogP contribution in [0, 0.1) is 10.8 Å². The predicted octanol–water partition coefficient (Wildman–Crippen LogP) is 4.53. The summed E-state index contributed by atoms with van der Waals surface area (Å²) in [5.41, 5.74) is 0.440. The Labute approximate surface area is 111 Å². The Balaban J connectivity index is 2.24. The van der Waals surface area contributed by atoms with E-state index >= 15 is 0 Å². The molecule has 0 amide bonds. The van der Waals surface area contributed by atoms with E-state index in [-0.39, 0.29) is 10.7 Å². The van der Waals surface area contributed by atoms with Gasteiger partial charge in [0.1, 0.15) is 0 Å². The minimum Gasteiger partial charge on any atom is -0.280 e. The van der Waals surface area contributed by atoms with E-state index in [0.29, 0.717) is 5.02 Å². The molecule has 0 aromatic heterocycles. The van der Waals surface area contributed by atoms with Crippen LogP contribution in [0.25, 0.3) is 6.08 Å². The fourth-order valence-corrected chi connectivity index (χ4v) is 2.77. The van der Waals surface area contributed by atoms with Crippen LogP contribution in [-0.2, 0) is 4.79 Å².